The van der Waals surface area contributed by atoms with Gasteiger partial charge in [0.15, 0.2) is 0 Å². The maximum Gasteiger partial charge on any atom is 0.137 e. The first-order valence-corrected chi connectivity index (χ1v) is 5.11. The van der Waals surface area contributed by atoms with E-state index in [4.69, 9.17) is 16.3 Å². The zero-order valence-electron chi connectivity index (χ0n) is 8.33. The maximum absolute atomic E-state index is 5.68. The van der Waals surface area contributed by atoms with Crippen molar-refractivity contribution in [2.45, 2.75) is 5.88 Å². The van der Waals surface area contributed by atoms with E-state index in [9.17, 15) is 0 Å². The van der Waals surface area contributed by atoms with Gasteiger partial charge in [0.2, 0.25) is 0 Å². The van der Waals surface area contributed by atoms with Gasteiger partial charge < -0.3 is 9.72 Å². The molecule has 0 atom stereocenters. The summed E-state index contributed by atoms with van der Waals surface area (Å²) in [4.78, 5) is 7.36. The van der Waals surface area contributed by atoms with E-state index in [1.807, 2.05) is 24.3 Å². The number of aromatic amines is 1. The van der Waals surface area contributed by atoms with Crippen LogP contribution in [-0.4, -0.2) is 17.1 Å². The van der Waals surface area contributed by atoms with Crippen LogP contribution in [0.3, 0.4) is 0 Å². The van der Waals surface area contributed by atoms with Crippen LogP contribution in [0.4, 0.5) is 0 Å². The molecule has 0 unspecified atom stereocenters. The topological polar surface area (TPSA) is 37.9 Å². The van der Waals surface area contributed by atoms with Crippen LogP contribution in [0.1, 0.15) is 5.69 Å². The Hall–Kier alpha value is -1.48. The van der Waals surface area contributed by atoms with Gasteiger partial charge >= 0.3 is 0 Å². The monoisotopic (exact) mass is 222 g/mol. The van der Waals surface area contributed by atoms with E-state index in [2.05, 4.69) is 9.97 Å². The summed E-state index contributed by atoms with van der Waals surface area (Å²) >= 11 is 5.68. The smallest absolute Gasteiger partial charge is 0.137 e. The lowest BCUT2D eigenvalue weighted by Gasteiger charge is -2.00. The summed E-state index contributed by atoms with van der Waals surface area (Å²) in [6.07, 6.45) is 1.74. The largest absolute Gasteiger partial charge is 0.497 e. The molecule has 0 amide bonds. The molecule has 3 nitrogen and oxygen atoms in total. The van der Waals surface area contributed by atoms with Gasteiger partial charge in [0.1, 0.15) is 11.6 Å². The molecule has 4 heteroatoms. The van der Waals surface area contributed by atoms with Crippen molar-refractivity contribution in [1.29, 1.82) is 0 Å². The zero-order valence-corrected chi connectivity index (χ0v) is 9.08. The molecule has 0 fully saturated rings. The summed E-state index contributed by atoms with van der Waals surface area (Å²) in [6, 6.07) is 7.71. The van der Waals surface area contributed by atoms with Crippen molar-refractivity contribution in [1.82, 2.24) is 9.97 Å². The number of imidazole rings is 1. The molecule has 0 radical (unpaired) electrons. The van der Waals surface area contributed by atoms with Crippen molar-refractivity contribution in [2.75, 3.05) is 7.11 Å². The molecule has 1 aromatic heterocycles. The fourth-order valence-corrected chi connectivity index (χ4v) is 1.46. The second-order valence-corrected chi connectivity index (χ2v) is 3.39. The molecule has 0 aliphatic rings. The van der Waals surface area contributed by atoms with E-state index in [1.54, 1.807) is 13.3 Å². The summed E-state index contributed by atoms with van der Waals surface area (Å²) in [6.45, 7) is 0. The summed E-state index contributed by atoms with van der Waals surface area (Å²) in [5.74, 6) is 2.11. The predicted octanol–water partition coefficient (Wildman–Crippen LogP) is 2.82. The second kappa shape index (κ2) is 4.36. The molecule has 78 valence electrons. The van der Waals surface area contributed by atoms with Crippen LogP contribution in [0.2, 0.25) is 0 Å². The number of halogens is 1. The Labute approximate surface area is 93.1 Å². The lowest BCUT2D eigenvalue weighted by atomic mass is 10.2. The number of H-pyrrole nitrogens is 1. The quantitative estimate of drug-likeness (QED) is 0.811. The summed E-state index contributed by atoms with van der Waals surface area (Å²) in [7, 11) is 1.65. The van der Waals surface area contributed by atoms with Crippen LogP contribution in [0.5, 0.6) is 5.75 Å². The molecule has 1 aromatic carbocycles. The van der Waals surface area contributed by atoms with Crippen LogP contribution >= 0.6 is 11.6 Å². The average molecular weight is 223 g/mol. The molecule has 2 rings (SSSR count). The lowest BCUT2D eigenvalue weighted by molar-refractivity contribution is 0.415. The van der Waals surface area contributed by atoms with Crippen molar-refractivity contribution in [3.05, 3.63) is 36.2 Å². The molecule has 0 spiro atoms. The van der Waals surface area contributed by atoms with Crippen molar-refractivity contribution in [2.24, 2.45) is 0 Å². The highest BCUT2D eigenvalue weighted by Gasteiger charge is 2.02. The number of nitrogens with zero attached hydrogens (tertiary/aromatic N) is 1. The van der Waals surface area contributed by atoms with Gasteiger partial charge in [-0.05, 0) is 24.3 Å². The van der Waals surface area contributed by atoms with Gasteiger partial charge in [0.25, 0.3) is 0 Å². The number of benzene rings is 1. The normalized spacial score (nSPS) is 10.3. The number of hydrogen-bond acceptors (Lipinski definition) is 2. The summed E-state index contributed by atoms with van der Waals surface area (Å²) in [5.41, 5.74) is 1.94. The fourth-order valence-electron chi connectivity index (χ4n) is 1.32. The Kier molecular flexibility index (Phi) is 2.92. The van der Waals surface area contributed by atoms with Gasteiger partial charge in [-0.2, -0.15) is 0 Å². The minimum Gasteiger partial charge on any atom is -0.497 e. The minimum absolute atomic E-state index is 0.448. The van der Waals surface area contributed by atoms with Crippen LogP contribution < -0.4 is 4.74 Å². The van der Waals surface area contributed by atoms with Gasteiger partial charge in [0.05, 0.1) is 13.0 Å². The van der Waals surface area contributed by atoms with Crippen LogP contribution in [0.25, 0.3) is 11.4 Å². The molecular formula is C11H11ClN2O. The molecule has 2 aromatic rings. The van der Waals surface area contributed by atoms with E-state index >= 15 is 0 Å². The first-order valence-electron chi connectivity index (χ1n) is 4.58. The van der Waals surface area contributed by atoms with Crippen LogP contribution in [-0.2, 0) is 5.88 Å². The first kappa shape index (κ1) is 10.1. The Morgan fingerprint density at radius 2 is 2.07 bits per heavy atom. The summed E-state index contributed by atoms with van der Waals surface area (Å²) < 4.78 is 5.08. The van der Waals surface area contributed by atoms with Gasteiger partial charge in [0, 0.05) is 17.5 Å². The van der Waals surface area contributed by atoms with Gasteiger partial charge in [-0.1, -0.05) is 0 Å². The highest BCUT2D eigenvalue weighted by molar-refractivity contribution is 6.16. The number of methoxy groups -OCH3 is 1. The van der Waals surface area contributed by atoms with Crippen molar-refractivity contribution in [3.8, 4) is 17.1 Å². The highest BCUT2D eigenvalue weighted by Crippen LogP contribution is 2.19. The second-order valence-electron chi connectivity index (χ2n) is 3.12. The molecule has 0 aliphatic heterocycles. The predicted molar refractivity (Wildman–Crippen MR) is 60.1 cm³/mol. The van der Waals surface area contributed by atoms with Crippen molar-refractivity contribution in [3.63, 3.8) is 0 Å². The van der Waals surface area contributed by atoms with E-state index in [0.29, 0.717) is 5.88 Å². The molecule has 1 heterocycles. The highest BCUT2D eigenvalue weighted by atomic mass is 35.5. The van der Waals surface area contributed by atoms with Crippen LogP contribution in [0.15, 0.2) is 30.5 Å². The third-order valence-electron chi connectivity index (χ3n) is 2.14. The number of aromatic nitrogens is 2. The zero-order chi connectivity index (χ0) is 10.7. The van der Waals surface area contributed by atoms with E-state index in [0.717, 1.165) is 22.8 Å². The Balaban J connectivity index is 2.28. The molecule has 0 saturated carbocycles. The minimum atomic E-state index is 0.448. The summed E-state index contributed by atoms with van der Waals surface area (Å²) in [5, 5.41) is 0. The van der Waals surface area contributed by atoms with E-state index in [1.165, 1.54) is 0 Å². The Morgan fingerprint density at radius 1 is 1.33 bits per heavy atom. The van der Waals surface area contributed by atoms with Gasteiger partial charge in [-0.15, -0.1) is 11.6 Å². The third-order valence-corrected chi connectivity index (χ3v) is 2.42. The Morgan fingerprint density at radius 3 is 2.60 bits per heavy atom. The molecule has 0 saturated heterocycles. The van der Waals surface area contributed by atoms with Gasteiger partial charge in [-0.3, -0.25) is 0 Å². The molecular weight excluding hydrogens is 212 g/mol. The first-order chi connectivity index (χ1) is 7.33. The third kappa shape index (κ3) is 2.13. The average Bonchev–Trinajstić information content (AvgIpc) is 2.78. The lowest BCUT2D eigenvalue weighted by Crippen LogP contribution is -1.84. The van der Waals surface area contributed by atoms with Crippen molar-refractivity contribution < 1.29 is 4.74 Å². The maximum atomic E-state index is 5.68. The number of hydrogen-bond donors (Lipinski definition) is 1. The van der Waals surface area contributed by atoms with Gasteiger partial charge in [-0.25, -0.2) is 4.98 Å². The van der Waals surface area contributed by atoms with E-state index in [-0.39, 0.29) is 0 Å². The Bertz CT molecular complexity index is 436. The molecule has 0 bridgehead atoms. The number of ether oxygens (including phenoxy) is 1. The standard InChI is InChI=1S/C11H11ClN2O/c1-15-10-4-2-8(3-5-10)11-13-7-9(6-12)14-11/h2-5,7H,6H2,1H3,(H,13,14). The number of alkyl halides is 1. The van der Waals surface area contributed by atoms with E-state index < -0.39 is 0 Å². The molecule has 0 aliphatic carbocycles. The molecule has 15 heavy (non-hydrogen) atoms. The number of nitrogens with one attached hydrogen (secondary N) is 1. The molecule has 1 N–H and O–H groups in total. The SMILES string of the molecule is COc1ccc(-c2ncc(CCl)[nH]2)cc1. The van der Waals surface area contributed by atoms with Crippen LogP contribution in [0, 0.1) is 0 Å². The van der Waals surface area contributed by atoms with Crippen molar-refractivity contribution >= 4 is 11.6 Å². The fraction of sp³-hybridized carbons (Fsp3) is 0.182. The number of rotatable bonds is 3.